The highest BCUT2D eigenvalue weighted by Crippen LogP contribution is 2.37. The first-order chi connectivity index (χ1) is 7.10. The fourth-order valence-corrected chi connectivity index (χ4v) is 2.21. The van der Waals surface area contributed by atoms with Crippen molar-refractivity contribution in [2.45, 2.75) is 87.0 Å². The normalized spacial score (nSPS) is 11.2. The Balaban J connectivity index is 0. The Bertz CT molecular complexity index is 109. The van der Waals surface area contributed by atoms with Gasteiger partial charge < -0.3 is 0 Å². The molecule has 0 aliphatic heterocycles. The van der Waals surface area contributed by atoms with Gasteiger partial charge >= 0.3 is 0 Å². The van der Waals surface area contributed by atoms with Gasteiger partial charge in [-0.25, -0.2) is 0 Å². The maximum Gasteiger partial charge on any atom is -0.0303 e. The predicted octanol–water partition coefficient (Wildman–Crippen LogP) is 6.06. The van der Waals surface area contributed by atoms with Crippen molar-refractivity contribution in [3.63, 3.8) is 0 Å². The van der Waals surface area contributed by atoms with Gasteiger partial charge in [0, 0.05) is 0 Å². The molecule has 0 aromatic rings. The highest BCUT2D eigenvalue weighted by atomic mass is 14.3. The van der Waals surface area contributed by atoms with Gasteiger partial charge in [0.15, 0.2) is 0 Å². The van der Waals surface area contributed by atoms with Crippen LogP contribution in [-0.4, -0.2) is 0 Å². The second-order valence-electron chi connectivity index (χ2n) is 4.89. The molecule has 0 rings (SSSR count). The third kappa shape index (κ3) is 7.88. The van der Waals surface area contributed by atoms with Gasteiger partial charge in [-0.15, -0.1) is 0 Å². The maximum absolute atomic E-state index is 2.36. The lowest BCUT2D eigenvalue weighted by molar-refractivity contribution is 0.200. The second kappa shape index (κ2) is 10.5. The molecule has 0 saturated carbocycles. The highest BCUT2D eigenvalue weighted by Gasteiger charge is 2.24. The predicted molar refractivity (Wildman–Crippen MR) is 73.3 cm³/mol. The van der Waals surface area contributed by atoms with Crippen LogP contribution in [0.4, 0.5) is 0 Å². The zero-order valence-corrected chi connectivity index (χ0v) is 12.3. The average molecular weight is 214 g/mol. The quantitative estimate of drug-likeness (QED) is 0.483. The Morgan fingerprint density at radius 3 is 1.60 bits per heavy atom. The second-order valence-corrected chi connectivity index (χ2v) is 4.89. The molecule has 0 nitrogen and oxygen atoms in total. The van der Waals surface area contributed by atoms with Crippen LogP contribution in [0, 0.1) is 11.3 Å². The van der Waals surface area contributed by atoms with E-state index in [-0.39, 0.29) is 0 Å². The molecule has 0 aliphatic carbocycles. The van der Waals surface area contributed by atoms with E-state index >= 15 is 0 Å². The fraction of sp³-hybridized carbons (Fsp3) is 1.00. The smallest absolute Gasteiger partial charge is 0.0303 e. The molecule has 0 unspecified atom stereocenters. The van der Waals surface area contributed by atoms with Crippen LogP contribution in [0.25, 0.3) is 0 Å². The summed E-state index contributed by atoms with van der Waals surface area (Å²) in [5, 5.41) is 0. The molecule has 0 saturated heterocycles. The summed E-state index contributed by atoms with van der Waals surface area (Å²) in [6, 6.07) is 0. The summed E-state index contributed by atoms with van der Waals surface area (Å²) in [6.45, 7) is 15.7. The number of rotatable bonds is 7. The monoisotopic (exact) mass is 214 g/mol. The van der Waals surface area contributed by atoms with Gasteiger partial charge in [0.1, 0.15) is 0 Å². The van der Waals surface area contributed by atoms with Crippen molar-refractivity contribution in [1.82, 2.24) is 0 Å². The minimum absolute atomic E-state index is 0.666. The van der Waals surface area contributed by atoms with Crippen molar-refractivity contribution >= 4 is 0 Å². The third-order valence-corrected chi connectivity index (χ3v) is 3.53. The molecule has 94 valence electrons. The topological polar surface area (TPSA) is 0 Å². The van der Waals surface area contributed by atoms with Crippen molar-refractivity contribution < 1.29 is 0 Å². The summed E-state index contributed by atoms with van der Waals surface area (Å²) in [7, 11) is 0. The minimum atomic E-state index is 0.666. The average Bonchev–Trinajstić information content (AvgIpc) is 2.27. The van der Waals surface area contributed by atoms with Gasteiger partial charge in [0.25, 0.3) is 0 Å². The first kappa shape index (κ1) is 17.4. The third-order valence-electron chi connectivity index (χ3n) is 3.53. The first-order valence-corrected chi connectivity index (χ1v) is 7.10. The maximum atomic E-state index is 2.36. The van der Waals surface area contributed by atoms with Crippen LogP contribution >= 0.6 is 0 Å². The molecular formula is C15H34. The van der Waals surface area contributed by atoms with Crippen LogP contribution < -0.4 is 0 Å². The van der Waals surface area contributed by atoms with Crippen LogP contribution in [0.3, 0.4) is 0 Å². The molecule has 0 heteroatoms. The van der Waals surface area contributed by atoms with Gasteiger partial charge in [-0.1, -0.05) is 74.1 Å². The molecule has 0 amide bonds. The Hall–Kier alpha value is 0. The first-order valence-electron chi connectivity index (χ1n) is 7.10. The molecular weight excluding hydrogens is 180 g/mol. The van der Waals surface area contributed by atoms with Crippen molar-refractivity contribution in [2.24, 2.45) is 11.3 Å². The fourth-order valence-electron chi connectivity index (χ4n) is 2.21. The summed E-state index contributed by atoms with van der Waals surface area (Å²) in [4.78, 5) is 0. The van der Waals surface area contributed by atoms with Crippen LogP contribution in [0.5, 0.6) is 0 Å². The van der Waals surface area contributed by atoms with E-state index in [2.05, 4.69) is 34.6 Å². The largest absolute Gasteiger partial charge is 0.0683 e. The van der Waals surface area contributed by atoms with Crippen molar-refractivity contribution in [1.29, 1.82) is 0 Å². The Kier molecular flexibility index (Phi) is 12.2. The van der Waals surface area contributed by atoms with Gasteiger partial charge in [0.2, 0.25) is 0 Å². The Morgan fingerprint density at radius 2 is 1.33 bits per heavy atom. The number of hydrogen-bond donors (Lipinski definition) is 0. The lowest BCUT2D eigenvalue weighted by Crippen LogP contribution is -2.19. The van der Waals surface area contributed by atoms with Crippen LogP contribution in [0.1, 0.15) is 87.0 Å². The van der Waals surface area contributed by atoms with E-state index < -0.39 is 0 Å². The Labute approximate surface area is 98.9 Å². The van der Waals surface area contributed by atoms with Crippen LogP contribution in [0.15, 0.2) is 0 Å². The molecule has 0 atom stereocenters. The highest BCUT2D eigenvalue weighted by molar-refractivity contribution is 4.76. The van der Waals surface area contributed by atoms with Crippen molar-refractivity contribution in [3.05, 3.63) is 0 Å². The molecule has 0 aromatic heterocycles. The summed E-state index contributed by atoms with van der Waals surface area (Å²) >= 11 is 0. The van der Waals surface area contributed by atoms with E-state index in [1.807, 2.05) is 13.8 Å². The SMILES string of the molecule is CC.CCCC(CC)(CC)CCC(C)C. The molecule has 0 heterocycles. The standard InChI is InChI=1S/C13H28.C2H6/c1-6-10-13(7-2,8-3)11-9-12(4)5;1-2/h12H,6-11H2,1-5H3;1-2H3. The van der Waals surface area contributed by atoms with Crippen molar-refractivity contribution in [3.8, 4) is 0 Å². The molecule has 0 bridgehead atoms. The van der Waals surface area contributed by atoms with E-state index in [4.69, 9.17) is 0 Å². The molecule has 0 N–H and O–H groups in total. The summed E-state index contributed by atoms with van der Waals surface area (Å²) in [5.41, 5.74) is 0.666. The zero-order chi connectivity index (χ0) is 12.3. The molecule has 0 aliphatic rings. The van der Waals surface area contributed by atoms with Gasteiger partial charge in [0.05, 0.1) is 0 Å². The lowest BCUT2D eigenvalue weighted by Gasteiger charge is -2.32. The zero-order valence-electron chi connectivity index (χ0n) is 12.3. The van der Waals surface area contributed by atoms with E-state index in [9.17, 15) is 0 Å². The van der Waals surface area contributed by atoms with Gasteiger partial charge in [-0.05, 0) is 24.2 Å². The molecule has 0 aromatic carbocycles. The molecule has 0 fully saturated rings. The van der Waals surface area contributed by atoms with Crippen LogP contribution in [-0.2, 0) is 0 Å². The Morgan fingerprint density at radius 1 is 0.867 bits per heavy atom. The molecule has 15 heavy (non-hydrogen) atoms. The van der Waals surface area contributed by atoms with Crippen LogP contribution in [0.2, 0.25) is 0 Å². The molecule has 0 spiro atoms. The van der Waals surface area contributed by atoms with E-state index in [0.29, 0.717) is 5.41 Å². The number of hydrogen-bond acceptors (Lipinski definition) is 0. The summed E-state index contributed by atoms with van der Waals surface area (Å²) < 4.78 is 0. The summed E-state index contributed by atoms with van der Waals surface area (Å²) in [6.07, 6.45) is 8.34. The van der Waals surface area contributed by atoms with E-state index in [1.54, 1.807) is 0 Å². The van der Waals surface area contributed by atoms with E-state index in [1.165, 1.54) is 38.5 Å². The molecule has 0 radical (unpaired) electrons. The van der Waals surface area contributed by atoms with Gasteiger partial charge in [-0.2, -0.15) is 0 Å². The van der Waals surface area contributed by atoms with E-state index in [0.717, 1.165) is 5.92 Å². The summed E-state index contributed by atoms with van der Waals surface area (Å²) in [5.74, 6) is 0.870. The van der Waals surface area contributed by atoms with Crippen molar-refractivity contribution in [2.75, 3.05) is 0 Å². The van der Waals surface area contributed by atoms with Gasteiger partial charge in [-0.3, -0.25) is 0 Å². The lowest BCUT2D eigenvalue weighted by atomic mass is 9.74. The minimum Gasteiger partial charge on any atom is -0.0683 e.